The summed E-state index contributed by atoms with van der Waals surface area (Å²) in [7, 11) is 0. The third kappa shape index (κ3) is 14.4. The van der Waals surface area contributed by atoms with Crippen LogP contribution in [0.15, 0.2) is 57.7 Å². The van der Waals surface area contributed by atoms with E-state index in [2.05, 4.69) is 63.3 Å². The smallest absolute Gasteiger partial charge is 0.0360 e. The number of allylic oxidation sites excluding steroid dienone is 7. The highest BCUT2D eigenvalue weighted by molar-refractivity contribution is 7.84. The Morgan fingerprint density at radius 3 is 1.86 bits per heavy atom. The molecular weight excluding hydrogens is 390 g/mol. The monoisotopic (exact) mass is 437 g/mol. The maximum atomic E-state index is 6.19. The van der Waals surface area contributed by atoms with E-state index in [0.717, 1.165) is 21.6 Å². The Kier molecular flexibility index (Phi) is 28.0. The fourth-order valence-electron chi connectivity index (χ4n) is 2.05. The average molecular weight is 438 g/mol. The summed E-state index contributed by atoms with van der Waals surface area (Å²) in [6, 6.07) is 0. The standard InChI is InChI=1S/C18H23NS2.4C2H6/c1-5-13(9-12-20)17(15(19)6-2)14-7-10-18(3,4)11-8-16(14)21;4*1-2/h1,6-8,10-11,20-21H,9,12,19H2,2-4H3;4*1-2H3/b15-6+,17-13+;;;;. The van der Waals surface area contributed by atoms with Crippen LogP contribution in [0.25, 0.3) is 0 Å². The van der Waals surface area contributed by atoms with E-state index in [1.54, 1.807) is 0 Å². The maximum Gasteiger partial charge on any atom is 0.0360 e. The lowest BCUT2D eigenvalue weighted by atomic mass is 9.91. The molecule has 168 valence electrons. The number of rotatable bonds is 4. The number of hydrogen-bond acceptors (Lipinski definition) is 3. The lowest BCUT2D eigenvalue weighted by Crippen LogP contribution is -2.07. The van der Waals surface area contributed by atoms with Crippen LogP contribution in [-0.2, 0) is 0 Å². The predicted molar refractivity (Wildman–Crippen MR) is 146 cm³/mol. The highest BCUT2D eigenvalue weighted by Gasteiger charge is 2.18. The predicted octanol–water partition coefficient (Wildman–Crippen LogP) is 8.54. The molecule has 0 aromatic carbocycles. The van der Waals surface area contributed by atoms with Crippen molar-refractivity contribution in [3.05, 3.63) is 57.7 Å². The van der Waals surface area contributed by atoms with Gasteiger partial charge in [-0.2, -0.15) is 12.6 Å². The van der Waals surface area contributed by atoms with Crippen molar-refractivity contribution in [2.75, 3.05) is 5.75 Å². The summed E-state index contributed by atoms with van der Waals surface area (Å²) in [4.78, 5) is 0.864. The van der Waals surface area contributed by atoms with E-state index in [4.69, 9.17) is 12.2 Å². The number of nitrogens with two attached hydrogens (primary N) is 1. The highest BCUT2D eigenvalue weighted by Crippen LogP contribution is 2.33. The molecular formula is C26H47NS2. The van der Waals surface area contributed by atoms with Crippen LogP contribution >= 0.6 is 25.3 Å². The van der Waals surface area contributed by atoms with Crippen molar-refractivity contribution in [3.63, 3.8) is 0 Å². The largest absolute Gasteiger partial charge is 0.398 e. The van der Waals surface area contributed by atoms with E-state index >= 15 is 0 Å². The van der Waals surface area contributed by atoms with Crippen molar-refractivity contribution in [2.24, 2.45) is 11.1 Å². The minimum absolute atomic E-state index is 0.0224. The highest BCUT2D eigenvalue weighted by atomic mass is 32.1. The van der Waals surface area contributed by atoms with Gasteiger partial charge in [0, 0.05) is 27.2 Å². The fraction of sp³-hybridized carbons (Fsp3) is 0.538. The van der Waals surface area contributed by atoms with Crippen LogP contribution in [0.3, 0.4) is 0 Å². The van der Waals surface area contributed by atoms with Gasteiger partial charge in [0.25, 0.3) is 0 Å². The molecule has 0 unspecified atom stereocenters. The van der Waals surface area contributed by atoms with Gasteiger partial charge in [0.15, 0.2) is 0 Å². The van der Waals surface area contributed by atoms with Gasteiger partial charge in [-0.1, -0.05) is 106 Å². The molecule has 1 rings (SSSR count). The van der Waals surface area contributed by atoms with E-state index < -0.39 is 0 Å². The van der Waals surface area contributed by atoms with E-state index in [0.29, 0.717) is 17.9 Å². The summed E-state index contributed by atoms with van der Waals surface area (Å²) in [5.74, 6) is 3.44. The van der Waals surface area contributed by atoms with Gasteiger partial charge in [-0.3, -0.25) is 0 Å². The Morgan fingerprint density at radius 2 is 1.48 bits per heavy atom. The summed E-state index contributed by atoms with van der Waals surface area (Å²) in [6.45, 7) is 22.2. The van der Waals surface area contributed by atoms with Gasteiger partial charge in [-0.05, 0) is 24.7 Å². The molecule has 0 fully saturated rings. The lowest BCUT2D eigenvalue weighted by molar-refractivity contribution is 0.627. The molecule has 1 aliphatic carbocycles. The molecule has 0 radical (unpaired) electrons. The first-order valence-corrected chi connectivity index (χ1v) is 12.0. The molecule has 0 heterocycles. The molecule has 1 nitrogen and oxygen atoms in total. The van der Waals surface area contributed by atoms with Gasteiger partial charge >= 0.3 is 0 Å². The molecule has 29 heavy (non-hydrogen) atoms. The molecule has 0 aliphatic heterocycles. The number of hydrogen-bond donors (Lipinski definition) is 3. The first kappa shape index (κ1) is 35.2. The maximum absolute atomic E-state index is 6.19. The zero-order valence-corrected chi connectivity index (χ0v) is 22.6. The second-order valence-electron chi connectivity index (χ2n) is 5.50. The average Bonchev–Trinajstić information content (AvgIpc) is 2.91. The normalized spacial score (nSPS) is 14.7. The van der Waals surface area contributed by atoms with Gasteiger partial charge < -0.3 is 5.73 Å². The van der Waals surface area contributed by atoms with Gasteiger partial charge in [0.05, 0.1) is 0 Å². The Labute approximate surface area is 194 Å². The molecule has 0 amide bonds. The van der Waals surface area contributed by atoms with E-state index in [9.17, 15) is 0 Å². The molecule has 0 bridgehead atoms. The Morgan fingerprint density at radius 1 is 1.03 bits per heavy atom. The number of terminal acetylenes is 1. The third-order valence-electron chi connectivity index (χ3n) is 3.33. The lowest BCUT2D eigenvalue weighted by Gasteiger charge is -2.15. The minimum atomic E-state index is -0.0224. The molecule has 3 heteroatoms. The van der Waals surface area contributed by atoms with Crippen LogP contribution in [0.2, 0.25) is 0 Å². The zero-order valence-electron chi connectivity index (χ0n) is 20.9. The third-order valence-corrected chi connectivity index (χ3v) is 3.95. The first-order valence-electron chi connectivity index (χ1n) is 10.9. The van der Waals surface area contributed by atoms with Crippen molar-refractivity contribution in [1.29, 1.82) is 0 Å². The van der Waals surface area contributed by atoms with Gasteiger partial charge in [-0.25, -0.2) is 0 Å². The van der Waals surface area contributed by atoms with E-state index in [-0.39, 0.29) is 5.41 Å². The van der Waals surface area contributed by atoms with E-state index in [1.807, 2.05) is 74.5 Å². The Hall–Kier alpha value is -1.24. The molecule has 0 aromatic rings. The van der Waals surface area contributed by atoms with Gasteiger partial charge in [-0.15, -0.1) is 19.1 Å². The Bertz CT molecular complexity index is 595. The topological polar surface area (TPSA) is 26.0 Å². The second kappa shape index (κ2) is 23.0. The summed E-state index contributed by atoms with van der Waals surface area (Å²) in [5, 5.41) is 0. The molecule has 1 aliphatic rings. The molecule has 2 N–H and O–H groups in total. The summed E-state index contributed by atoms with van der Waals surface area (Å²) < 4.78 is 0. The summed E-state index contributed by atoms with van der Waals surface area (Å²) in [6.07, 6.45) is 16.6. The van der Waals surface area contributed by atoms with Crippen molar-refractivity contribution in [3.8, 4) is 12.3 Å². The molecule has 0 saturated carbocycles. The molecule has 0 saturated heterocycles. The zero-order chi connectivity index (χ0) is 24.0. The van der Waals surface area contributed by atoms with Crippen LogP contribution in [0.5, 0.6) is 0 Å². The summed E-state index contributed by atoms with van der Waals surface area (Å²) in [5.41, 5.74) is 9.55. The molecule has 0 aromatic heterocycles. The fourth-order valence-corrected chi connectivity index (χ4v) is 2.54. The van der Waals surface area contributed by atoms with Crippen LogP contribution in [-0.4, -0.2) is 5.75 Å². The van der Waals surface area contributed by atoms with Crippen molar-refractivity contribution >= 4 is 25.3 Å². The van der Waals surface area contributed by atoms with Crippen molar-refractivity contribution < 1.29 is 0 Å². The second-order valence-corrected chi connectivity index (χ2v) is 6.43. The number of thiol groups is 2. The van der Waals surface area contributed by atoms with Crippen molar-refractivity contribution in [1.82, 2.24) is 0 Å². The summed E-state index contributed by atoms with van der Waals surface area (Å²) >= 11 is 8.90. The minimum Gasteiger partial charge on any atom is -0.398 e. The SMILES string of the molecule is C#C/C(CCS)=C(C1=C(S)C=CC(C)(C)C=C1)\C(N)=C/C.CC.CC.CC.CC. The van der Waals surface area contributed by atoms with E-state index in [1.165, 1.54) is 0 Å². The Balaban J connectivity index is -0.000000347. The first-order chi connectivity index (χ1) is 13.9. The van der Waals surface area contributed by atoms with Crippen LogP contribution < -0.4 is 5.73 Å². The molecule has 0 spiro atoms. The molecule has 0 atom stereocenters. The van der Waals surface area contributed by atoms with Crippen LogP contribution in [0, 0.1) is 17.8 Å². The van der Waals surface area contributed by atoms with Crippen molar-refractivity contribution in [2.45, 2.75) is 82.6 Å². The van der Waals surface area contributed by atoms with Gasteiger partial charge in [0.2, 0.25) is 0 Å². The van der Waals surface area contributed by atoms with Crippen LogP contribution in [0.4, 0.5) is 0 Å². The van der Waals surface area contributed by atoms with Gasteiger partial charge in [0.1, 0.15) is 0 Å². The quantitative estimate of drug-likeness (QED) is 0.229. The van der Waals surface area contributed by atoms with Crippen LogP contribution in [0.1, 0.15) is 82.6 Å².